The molecule has 0 bridgehead atoms. The van der Waals surface area contributed by atoms with Crippen LogP contribution in [0.4, 0.5) is 0 Å². The number of fused-ring (bicyclic) bond motifs is 2. The molecule has 0 radical (unpaired) electrons. The van der Waals surface area contributed by atoms with Crippen molar-refractivity contribution >= 4 is 0 Å². The molecule has 0 atom stereocenters. The summed E-state index contributed by atoms with van der Waals surface area (Å²) in [6, 6.07) is 11.8. The first-order valence-corrected chi connectivity index (χ1v) is 11.1. The lowest BCUT2D eigenvalue weighted by molar-refractivity contribution is -0.164. The molecule has 31 heavy (non-hydrogen) atoms. The molecule has 0 saturated carbocycles. The summed E-state index contributed by atoms with van der Waals surface area (Å²) in [4.78, 5) is 0. The van der Waals surface area contributed by atoms with E-state index in [0.29, 0.717) is 19.0 Å². The molecular weight excluding hydrogens is 396 g/mol. The van der Waals surface area contributed by atoms with Gasteiger partial charge in [-0.15, -0.1) is 0 Å². The van der Waals surface area contributed by atoms with E-state index in [1.165, 1.54) is 22.3 Å². The highest BCUT2D eigenvalue weighted by Crippen LogP contribution is 2.37. The zero-order valence-corrected chi connectivity index (χ0v) is 18.0. The minimum Gasteiger partial charge on any atom is -0.508 e. The van der Waals surface area contributed by atoms with Crippen molar-refractivity contribution in [2.24, 2.45) is 0 Å². The molecule has 2 fully saturated rings. The number of hydrogen-bond acceptors (Lipinski definition) is 6. The van der Waals surface area contributed by atoms with Gasteiger partial charge in [0.1, 0.15) is 11.5 Å². The van der Waals surface area contributed by atoms with Gasteiger partial charge in [0, 0.05) is 25.7 Å². The van der Waals surface area contributed by atoms with Gasteiger partial charge in [-0.05, 0) is 59.4 Å². The van der Waals surface area contributed by atoms with Crippen LogP contribution in [0.1, 0.15) is 35.1 Å². The summed E-state index contributed by atoms with van der Waals surface area (Å²) in [7, 11) is 1.70. The quantitative estimate of drug-likeness (QED) is 0.752. The number of aryl methyl sites for hydroxylation is 2. The average Bonchev–Trinajstić information content (AvgIpc) is 3.44. The van der Waals surface area contributed by atoms with Crippen LogP contribution in [-0.2, 0) is 44.6 Å². The van der Waals surface area contributed by atoms with Crippen molar-refractivity contribution in [3.63, 3.8) is 0 Å². The molecule has 2 aliphatic heterocycles. The summed E-state index contributed by atoms with van der Waals surface area (Å²) >= 11 is 0. The van der Waals surface area contributed by atoms with Gasteiger partial charge in [-0.2, -0.15) is 0 Å². The van der Waals surface area contributed by atoms with Crippen LogP contribution in [0.3, 0.4) is 0 Å². The fourth-order valence-corrected chi connectivity index (χ4v) is 5.05. The highest BCUT2D eigenvalue weighted by Gasteiger charge is 2.40. The van der Waals surface area contributed by atoms with Crippen LogP contribution in [0.2, 0.25) is 0 Å². The average molecular weight is 427 g/mol. The number of ether oxygens (including phenoxy) is 5. The maximum absolute atomic E-state index is 9.38. The van der Waals surface area contributed by atoms with Crippen molar-refractivity contribution in [3.05, 3.63) is 58.7 Å². The Hall–Kier alpha value is -2.12. The maximum atomic E-state index is 9.38. The van der Waals surface area contributed by atoms with Crippen molar-refractivity contribution < 1.29 is 28.8 Å². The van der Waals surface area contributed by atoms with Crippen LogP contribution < -0.4 is 4.74 Å². The highest BCUT2D eigenvalue weighted by atomic mass is 16.7. The van der Waals surface area contributed by atoms with Crippen LogP contribution in [0.15, 0.2) is 36.4 Å². The van der Waals surface area contributed by atoms with Crippen molar-refractivity contribution in [2.75, 3.05) is 33.5 Å². The zero-order valence-electron chi connectivity index (χ0n) is 18.0. The Kier molecular flexibility index (Phi) is 5.65. The summed E-state index contributed by atoms with van der Waals surface area (Å²) in [5.74, 6) is 0.576. The highest BCUT2D eigenvalue weighted by molar-refractivity contribution is 5.39. The van der Waals surface area contributed by atoms with Crippen molar-refractivity contribution in [1.29, 1.82) is 0 Å². The third-order valence-corrected chi connectivity index (χ3v) is 6.70. The second-order valence-corrected chi connectivity index (χ2v) is 8.66. The number of benzene rings is 2. The summed E-state index contributed by atoms with van der Waals surface area (Å²) in [6.45, 7) is 2.86. The molecule has 4 aliphatic rings. The zero-order chi connectivity index (χ0) is 21.3. The lowest BCUT2D eigenvalue weighted by Crippen LogP contribution is -2.36. The molecule has 0 aromatic heterocycles. The fourth-order valence-electron chi connectivity index (χ4n) is 5.05. The Morgan fingerprint density at radius 2 is 1.23 bits per heavy atom. The fraction of sp³-hybridized carbons (Fsp3) is 0.520. The van der Waals surface area contributed by atoms with E-state index in [2.05, 4.69) is 12.1 Å². The van der Waals surface area contributed by atoms with Crippen molar-refractivity contribution in [1.82, 2.24) is 0 Å². The van der Waals surface area contributed by atoms with E-state index in [9.17, 15) is 5.11 Å². The molecule has 166 valence electrons. The Labute approximate surface area is 183 Å². The van der Waals surface area contributed by atoms with E-state index in [-0.39, 0.29) is 11.6 Å². The van der Waals surface area contributed by atoms with Gasteiger partial charge in [0.2, 0.25) is 0 Å². The van der Waals surface area contributed by atoms with Gasteiger partial charge in [0.15, 0.2) is 11.6 Å². The van der Waals surface area contributed by atoms with Gasteiger partial charge in [0.05, 0.1) is 33.5 Å². The van der Waals surface area contributed by atoms with Crippen molar-refractivity contribution in [3.8, 4) is 11.5 Å². The summed E-state index contributed by atoms with van der Waals surface area (Å²) in [5.41, 5.74) is 5.15. The maximum Gasteiger partial charge on any atom is 0.172 e. The number of phenols is 1. The van der Waals surface area contributed by atoms with E-state index in [4.69, 9.17) is 23.7 Å². The largest absolute Gasteiger partial charge is 0.508 e. The summed E-state index contributed by atoms with van der Waals surface area (Å²) < 4.78 is 28.1. The molecule has 2 spiro atoms. The minimum absolute atomic E-state index is 0.332. The van der Waals surface area contributed by atoms with Gasteiger partial charge >= 0.3 is 0 Å². The number of aromatic hydroxyl groups is 1. The van der Waals surface area contributed by atoms with E-state index >= 15 is 0 Å². The number of rotatable bonds is 1. The molecule has 6 rings (SSSR count). The normalized spacial score (nSPS) is 22.5. The topological polar surface area (TPSA) is 66.4 Å². The predicted octanol–water partition coefficient (Wildman–Crippen LogP) is 3.55. The lowest BCUT2D eigenvalue weighted by atomic mass is 9.87. The van der Waals surface area contributed by atoms with Gasteiger partial charge in [-0.3, -0.25) is 0 Å². The number of methoxy groups -OCH3 is 1. The van der Waals surface area contributed by atoms with Crippen LogP contribution in [0, 0.1) is 0 Å². The molecule has 2 aliphatic carbocycles. The number of phenolic OH excluding ortho intramolecular Hbond substituents is 1. The van der Waals surface area contributed by atoms with Gasteiger partial charge in [-0.25, -0.2) is 0 Å². The standard InChI is InChI=1S/C13H16O3.C12H14O3/c1-14-12-3-2-11-9-13(15-6-7-16-13)5-4-10(11)8-12;13-11-2-1-10-8-12(14-5-6-15-12)4-3-9(10)7-11/h2-3,8H,4-7,9H2,1H3;1-2,7,13H,3-6,8H2. The number of hydrogen-bond donors (Lipinski definition) is 1. The molecule has 2 heterocycles. The van der Waals surface area contributed by atoms with E-state index in [0.717, 1.165) is 57.5 Å². The molecule has 2 aromatic rings. The molecule has 0 amide bonds. The van der Waals surface area contributed by atoms with Gasteiger partial charge in [0.25, 0.3) is 0 Å². The SMILES string of the molecule is COc1ccc2c(c1)CCC1(C2)OCCO1.Oc1ccc2c(c1)CCC1(C2)OCCO1. The third kappa shape index (κ3) is 4.30. The Bertz CT molecular complexity index is 928. The summed E-state index contributed by atoms with van der Waals surface area (Å²) in [6.07, 6.45) is 5.45. The van der Waals surface area contributed by atoms with E-state index in [1.54, 1.807) is 13.2 Å². The van der Waals surface area contributed by atoms with E-state index in [1.807, 2.05) is 18.2 Å². The molecular formula is C25H30O6. The van der Waals surface area contributed by atoms with Crippen LogP contribution in [0.5, 0.6) is 11.5 Å². The smallest absolute Gasteiger partial charge is 0.172 e. The molecule has 2 saturated heterocycles. The first-order valence-electron chi connectivity index (χ1n) is 11.1. The molecule has 1 N–H and O–H groups in total. The Morgan fingerprint density at radius 1 is 0.710 bits per heavy atom. The predicted molar refractivity (Wildman–Crippen MR) is 114 cm³/mol. The first-order chi connectivity index (χ1) is 15.1. The van der Waals surface area contributed by atoms with Crippen LogP contribution in [-0.4, -0.2) is 50.2 Å². The first kappa shape index (κ1) is 20.8. The molecule has 2 aromatic carbocycles. The summed E-state index contributed by atoms with van der Waals surface area (Å²) in [5, 5.41) is 9.38. The Balaban J connectivity index is 0.000000132. The molecule has 6 nitrogen and oxygen atoms in total. The van der Waals surface area contributed by atoms with Crippen molar-refractivity contribution in [2.45, 2.75) is 50.1 Å². The molecule has 0 unspecified atom stereocenters. The minimum atomic E-state index is -0.371. The second-order valence-electron chi connectivity index (χ2n) is 8.66. The van der Waals surface area contributed by atoms with Crippen LogP contribution >= 0.6 is 0 Å². The van der Waals surface area contributed by atoms with Crippen LogP contribution in [0.25, 0.3) is 0 Å². The van der Waals surface area contributed by atoms with E-state index < -0.39 is 0 Å². The van der Waals surface area contributed by atoms with Gasteiger partial charge < -0.3 is 28.8 Å². The lowest BCUT2D eigenvalue weighted by Gasteiger charge is -2.32. The second kappa shape index (κ2) is 8.43. The Morgan fingerprint density at radius 3 is 1.77 bits per heavy atom. The monoisotopic (exact) mass is 426 g/mol. The molecule has 6 heteroatoms. The van der Waals surface area contributed by atoms with Gasteiger partial charge in [-0.1, -0.05) is 12.1 Å². The third-order valence-electron chi connectivity index (χ3n) is 6.70.